The van der Waals surface area contributed by atoms with E-state index < -0.39 is 0 Å². The second-order valence-electron chi connectivity index (χ2n) is 4.20. The van der Waals surface area contributed by atoms with Crippen LogP contribution in [0, 0.1) is 0 Å². The highest BCUT2D eigenvalue weighted by Gasteiger charge is 2.06. The molecule has 0 amide bonds. The van der Waals surface area contributed by atoms with Crippen molar-refractivity contribution < 1.29 is 5.11 Å². The molecule has 16 heavy (non-hydrogen) atoms. The van der Waals surface area contributed by atoms with E-state index in [0.717, 1.165) is 30.2 Å². The van der Waals surface area contributed by atoms with Gasteiger partial charge in [-0.25, -0.2) is 4.98 Å². The van der Waals surface area contributed by atoms with Crippen LogP contribution in [0.2, 0.25) is 0 Å². The molecule has 1 unspecified atom stereocenters. The summed E-state index contributed by atoms with van der Waals surface area (Å²) in [4.78, 5) is 7.74. The normalized spacial score (nSPS) is 13.8. The summed E-state index contributed by atoms with van der Waals surface area (Å²) in [5.41, 5.74) is 1.08. The summed E-state index contributed by atoms with van der Waals surface area (Å²) in [5.74, 6) is 0. The molecule has 0 saturated heterocycles. The van der Waals surface area contributed by atoms with Crippen molar-refractivity contribution in [3.63, 3.8) is 0 Å². The molecule has 5 heteroatoms. The van der Waals surface area contributed by atoms with Crippen molar-refractivity contribution in [1.82, 2.24) is 14.3 Å². The van der Waals surface area contributed by atoms with Crippen LogP contribution < -0.4 is 0 Å². The molecule has 2 aromatic rings. The van der Waals surface area contributed by atoms with Crippen LogP contribution in [0.3, 0.4) is 0 Å². The number of imidazole rings is 1. The second kappa shape index (κ2) is 4.95. The van der Waals surface area contributed by atoms with E-state index in [4.69, 9.17) is 0 Å². The summed E-state index contributed by atoms with van der Waals surface area (Å²) in [5, 5.41) is 11.2. The third-order valence-electron chi connectivity index (χ3n) is 2.50. The first-order chi connectivity index (χ1) is 7.65. The average molecular weight is 239 g/mol. The highest BCUT2D eigenvalue weighted by molar-refractivity contribution is 7.15. The lowest BCUT2D eigenvalue weighted by Crippen LogP contribution is -2.22. The lowest BCUT2D eigenvalue weighted by Gasteiger charge is -2.15. The van der Waals surface area contributed by atoms with Crippen LogP contribution in [-0.4, -0.2) is 39.1 Å². The van der Waals surface area contributed by atoms with Crippen molar-refractivity contribution in [3.8, 4) is 0 Å². The molecule has 2 rings (SSSR count). The Morgan fingerprint density at radius 2 is 2.44 bits per heavy atom. The summed E-state index contributed by atoms with van der Waals surface area (Å²) in [7, 11) is 2.05. The largest absolute Gasteiger partial charge is 0.393 e. The van der Waals surface area contributed by atoms with E-state index in [1.54, 1.807) is 11.3 Å². The first-order valence-electron chi connectivity index (χ1n) is 5.43. The van der Waals surface area contributed by atoms with Gasteiger partial charge in [0, 0.05) is 30.9 Å². The quantitative estimate of drug-likeness (QED) is 0.861. The molecule has 1 N–H and O–H groups in total. The van der Waals surface area contributed by atoms with Crippen LogP contribution in [0.25, 0.3) is 4.96 Å². The van der Waals surface area contributed by atoms with Gasteiger partial charge in [0.1, 0.15) is 0 Å². The van der Waals surface area contributed by atoms with Gasteiger partial charge in [-0.2, -0.15) is 0 Å². The molecular weight excluding hydrogens is 222 g/mol. The van der Waals surface area contributed by atoms with Crippen LogP contribution >= 0.6 is 11.3 Å². The lowest BCUT2D eigenvalue weighted by molar-refractivity contribution is 0.162. The van der Waals surface area contributed by atoms with Crippen LogP contribution in [0.4, 0.5) is 0 Å². The van der Waals surface area contributed by atoms with Gasteiger partial charge >= 0.3 is 0 Å². The zero-order chi connectivity index (χ0) is 11.5. The zero-order valence-electron chi connectivity index (χ0n) is 9.63. The molecule has 0 saturated carbocycles. The average Bonchev–Trinajstić information content (AvgIpc) is 2.74. The monoisotopic (exact) mass is 239 g/mol. The minimum Gasteiger partial charge on any atom is -0.393 e. The van der Waals surface area contributed by atoms with Crippen LogP contribution in [-0.2, 0) is 6.54 Å². The summed E-state index contributed by atoms with van der Waals surface area (Å²) in [6, 6.07) is 0. The number of aliphatic hydroxyl groups excluding tert-OH is 1. The van der Waals surface area contributed by atoms with Crippen LogP contribution in [0.15, 0.2) is 17.8 Å². The molecule has 0 aliphatic heterocycles. The van der Waals surface area contributed by atoms with Gasteiger partial charge in [-0.3, -0.25) is 4.40 Å². The molecule has 2 aromatic heterocycles. The maximum absolute atomic E-state index is 9.20. The molecule has 1 atom stereocenters. The van der Waals surface area contributed by atoms with E-state index in [2.05, 4.69) is 23.1 Å². The number of nitrogens with zero attached hydrogens (tertiary/aromatic N) is 3. The van der Waals surface area contributed by atoms with Gasteiger partial charge < -0.3 is 10.0 Å². The topological polar surface area (TPSA) is 40.8 Å². The van der Waals surface area contributed by atoms with Gasteiger partial charge in [0.15, 0.2) is 4.96 Å². The Bertz CT molecular complexity index is 420. The summed E-state index contributed by atoms with van der Waals surface area (Å²) >= 11 is 1.65. The van der Waals surface area contributed by atoms with Gasteiger partial charge in [-0.1, -0.05) is 0 Å². The smallest absolute Gasteiger partial charge is 0.193 e. The highest BCUT2D eigenvalue weighted by atomic mass is 32.1. The molecule has 0 radical (unpaired) electrons. The number of fused-ring (bicyclic) bond motifs is 1. The third kappa shape index (κ3) is 2.81. The fraction of sp³-hybridized carbons (Fsp3) is 0.545. The molecule has 88 valence electrons. The molecule has 0 aromatic carbocycles. The Hall–Kier alpha value is -0.910. The fourth-order valence-corrected chi connectivity index (χ4v) is 2.33. The molecule has 0 spiro atoms. The van der Waals surface area contributed by atoms with E-state index >= 15 is 0 Å². The standard InChI is InChI=1S/C11H17N3OS/c1-9(15)3-4-13(2)7-10-8-14-5-6-16-11(14)12-10/h5-6,8-9,15H,3-4,7H2,1-2H3. The molecule has 0 aliphatic carbocycles. The minimum absolute atomic E-state index is 0.229. The van der Waals surface area contributed by atoms with E-state index in [0.29, 0.717) is 0 Å². The molecule has 0 aliphatic rings. The fourth-order valence-electron chi connectivity index (χ4n) is 1.62. The Labute approximate surface area is 99.2 Å². The number of aliphatic hydroxyl groups is 1. The van der Waals surface area contributed by atoms with Crippen molar-refractivity contribution in [3.05, 3.63) is 23.5 Å². The Balaban J connectivity index is 1.91. The molecular formula is C11H17N3OS. The van der Waals surface area contributed by atoms with Crippen molar-refractivity contribution >= 4 is 16.3 Å². The van der Waals surface area contributed by atoms with Crippen molar-refractivity contribution in [2.75, 3.05) is 13.6 Å². The third-order valence-corrected chi connectivity index (χ3v) is 3.27. The first-order valence-corrected chi connectivity index (χ1v) is 6.31. The van der Waals surface area contributed by atoms with Crippen LogP contribution in [0.1, 0.15) is 19.0 Å². The first kappa shape index (κ1) is 11.6. The van der Waals surface area contributed by atoms with Gasteiger partial charge in [-0.15, -0.1) is 11.3 Å². The maximum Gasteiger partial charge on any atom is 0.193 e. The van der Waals surface area contributed by atoms with Crippen molar-refractivity contribution in [1.29, 1.82) is 0 Å². The van der Waals surface area contributed by atoms with Crippen LogP contribution in [0.5, 0.6) is 0 Å². The SMILES string of the molecule is CC(O)CCN(C)Cc1cn2ccsc2n1. The van der Waals surface area contributed by atoms with E-state index in [1.165, 1.54) is 0 Å². The number of hydrogen-bond donors (Lipinski definition) is 1. The molecule has 0 bridgehead atoms. The van der Waals surface area contributed by atoms with E-state index in [1.807, 2.05) is 22.9 Å². The maximum atomic E-state index is 9.20. The Morgan fingerprint density at radius 1 is 1.62 bits per heavy atom. The lowest BCUT2D eigenvalue weighted by atomic mass is 10.3. The Kier molecular flexibility index (Phi) is 3.58. The second-order valence-corrected chi connectivity index (χ2v) is 5.07. The predicted octanol–water partition coefficient (Wildman–Crippen LogP) is 1.60. The van der Waals surface area contributed by atoms with E-state index in [-0.39, 0.29) is 6.10 Å². The molecule has 2 heterocycles. The predicted molar refractivity (Wildman–Crippen MR) is 65.7 cm³/mol. The highest BCUT2D eigenvalue weighted by Crippen LogP contribution is 2.12. The van der Waals surface area contributed by atoms with Crippen molar-refractivity contribution in [2.24, 2.45) is 0 Å². The van der Waals surface area contributed by atoms with Gasteiger partial charge in [0.2, 0.25) is 0 Å². The number of aromatic nitrogens is 2. The van der Waals surface area contributed by atoms with E-state index in [9.17, 15) is 5.11 Å². The summed E-state index contributed by atoms with van der Waals surface area (Å²) < 4.78 is 2.04. The van der Waals surface area contributed by atoms with Gasteiger partial charge in [0.25, 0.3) is 0 Å². The Morgan fingerprint density at radius 3 is 3.12 bits per heavy atom. The molecule has 4 nitrogen and oxygen atoms in total. The minimum atomic E-state index is -0.229. The summed E-state index contributed by atoms with van der Waals surface area (Å²) in [6.45, 7) is 3.55. The molecule has 0 fully saturated rings. The van der Waals surface area contributed by atoms with Gasteiger partial charge in [-0.05, 0) is 20.4 Å². The zero-order valence-corrected chi connectivity index (χ0v) is 10.4. The van der Waals surface area contributed by atoms with Gasteiger partial charge in [0.05, 0.1) is 11.8 Å². The number of hydrogen-bond acceptors (Lipinski definition) is 4. The van der Waals surface area contributed by atoms with Crippen molar-refractivity contribution in [2.45, 2.75) is 26.0 Å². The number of thiazole rings is 1. The number of rotatable bonds is 5. The summed E-state index contributed by atoms with van der Waals surface area (Å²) in [6.07, 6.45) is 4.66.